The van der Waals surface area contributed by atoms with Crippen molar-refractivity contribution in [2.75, 3.05) is 26.2 Å². The largest absolute Gasteiger partial charge is 0.338 e. The molecule has 7 heteroatoms. The molecule has 0 N–H and O–H groups in total. The van der Waals surface area contributed by atoms with Gasteiger partial charge in [-0.25, -0.2) is 9.97 Å². The van der Waals surface area contributed by atoms with Crippen molar-refractivity contribution in [3.8, 4) is 0 Å². The lowest BCUT2D eigenvalue weighted by Crippen LogP contribution is -2.31. The molecule has 2 saturated heterocycles. The molecule has 0 bridgehead atoms. The Hall–Kier alpha value is -2.28. The normalized spacial score (nSPS) is 24.1. The maximum atomic E-state index is 12.6. The van der Waals surface area contributed by atoms with Gasteiger partial charge in [0.15, 0.2) is 0 Å². The molecule has 2 atom stereocenters. The molecule has 0 unspecified atom stereocenters. The van der Waals surface area contributed by atoms with Crippen molar-refractivity contribution >= 4 is 5.91 Å². The maximum Gasteiger partial charge on any atom is 0.257 e. The van der Waals surface area contributed by atoms with Crippen molar-refractivity contribution in [3.63, 3.8) is 0 Å². The summed E-state index contributed by atoms with van der Waals surface area (Å²) in [4.78, 5) is 25.1. The van der Waals surface area contributed by atoms with Crippen LogP contribution in [0.5, 0.6) is 0 Å². The molecule has 0 radical (unpaired) electrons. The second kappa shape index (κ2) is 6.92. The van der Waals surface area contributed by atoms with Crippen LogP contribution in [0, 0.1) is 11.8 Å². The number of aryl methyl sites for hydroxylation is 1. The molecule has 2 fully saturated rings. The number of carbonyl (C=O) groups is 1. The van der Waals surface area contributed by atoms with E-state index in [1.54, 1.807) is 12.4 Å². The van der Waals surface area contributed by atoms with Crippen LogP contribution < -0.4 is 0 Å². The molecule has 1 amide bonds. The van der Waals surface area contributed by atoms with Crippen molar-refractivity contribution < 1.29 is 4.79 Å². The summed E-state index contributed by atoms with van der Waals surface area (Å²) < 4.78 is 1.95. The Morgan fingerprint density at radius 2 is 1.84 bits per heavy atom. The number of likely N-dealkylation sites (tertiary alicyclic amines) is 2. The zero-order valence-corrected chi connectivity index (χ0v) is 14.6. The summed E-state index contributed by atoms with van der Waals surface area (Å²) >= 11 is 0. The van der Waals surface area contributed by atoms with E-state index in [-0.39, 0.29) is 5.91 Å². The average molecular weight is 340 g/mol. The van der Waals surface area contributed by atoms with Crippen molar-refractivity contribution in [1.82, 2.24) is 29.5 Å². The number of nitrogens with zero attached hydrogens (tertiary/aromatic N) is 6. The molecule has 7 nitrogen and oxygen atoms in total. The lowest BCUT2D eigenvalue weighted by Gasteiger charge is -2.22. The lowest BCUT2D eigenvalue weighted by molar-refractivity contribution is 0.0779. The summed E-state index contributed by atoms with van der Waals surface area (Å²) in [5.74, 6) is 1.27. The Morgan fingerprint density at radius 1 is 1.16 bits per heavy atom. The fraction of sp³-hybridized carbons (Fsp3) is 0.556. The quantitative estimate of drug-likeness (QED) is 0.840. The maximum absolute atomic E-state index is 12.6. The molecule has 4 rings (SSSR count). The van der Waals surface area contributed by atoms with Gasteiger partial charge in [-0.1, -0.05) is 0 Å². The minimum Gasteiger partial charge on any atom is -0.338 e. The third kappa shape index (κ3) is 3.42. The van der Waals surface area contributed by atoms with E-state index in [1.165, 1.54) is 12.0 Å². The van der Waals surface area contributed by atoms with Crippen LogP contribution in [0.15, 0.2) is 31.0 Å². The summed E-state index contributed by atoms with van der Waals surface area (Å²) in [5.41, 5.74) is 1.85. The highest BCUT2D eigenvalue weighted by Gasteiger charge is 2.37. The second-order valence-electron chi connectivity index (χ2n) is 7.16. The fourth-order valence-electron chi connectivity index (χ4n) is 4.10. The first-order valence-corrected chi connectivity index (χ1v) is 8.94. The molecule has 0 saturated carbocycles. The highest BCUT2D eigenvalue weighted by atomic mass is 16.2. The van der Waals surface area contributed by atoms with Gasteiger partial charge in [0.05, 0.1) is 11.3 Å². The van der Waals surface area contributed by atoms with Crippen LogP contribution in [0.4, 0.5) is 0 Å². The van der Waals surface area contributed by atoms with Gasteiger partial charge in [-0.2, -0.15) is 5.10 Å². The van der Waals surface area contributed by atoms with Crippen LogP contribution in [0.1, 0.15) is 28.9 Å². The van der Waals surface area contributed by atoms with Crippen molar-refractivity contribution in [2.45, 2.75) is 19.4 Å². The van der Waals surface area contributed by atoms with Crippen LogP contribution in [0.3, 0.4) is 0 Å². The summed E-state index contributed by atoms with van der Waals surface area (Å²) in [7, 11) is 2.00. The van der Waals surface area contributed by atoms with E-state index < -0.39 is 0 Å². The smallest absolute Gasteiger partial charge is 0.257 e. The van der Waals surface area contributed by atoms with Crippen LogP contribution in [0.2, 0.25) is 0 Å². The Balaban J connectivity index is 1.36. The topological polar surface area (TPSA) is 67.2 Å². The van der Waals surface area contributed by atoms with Crippen molar-refractivity contribution in [3.05, 3.63) is 42.2 Å². The van der Waals surface area contributed by atoms with Gasteiger partial charge in [-0.05, 0) is 43.8 Å². The van der Waals surface area contributed by atoms with Gasteiger partial charge < -0.3 is 4.90 Å². The lowest BCUT2D eigenvalue weighted by atomic mass is 9.92. The van der Waals surface area contributed by atoms with Gasteiger partial charge in [0.25, 0.3) is 5.91 Å². The Labute approximate surface area is 147 Å². The van der Waals surface area contributed by atoms with E-state index >= 15 is 0 Å². The van der Waals surface area contributed by atoms with Gasteiger partial charge in [0, 0.05) is 45.3 Å². The number of amides is 1. The van der Waals surface area contributed by atoms with Gasteiger partial charge in [0.1, 0.15) is 6.33 Å². The average Bonchev–Trinajstić information content (AvgIpc) is 3.18. The minimum absolute atomic E-state index is 0.0698. The van der Waals surface area contributed by atoms with Crippen LogP contribution in [-0.4, -0.2) is 61.6 Å². The summed E-state index contributed by atoms with van der Waals surface area (Å²) in [6, 6.07) is 2.09. The Kier molecular flexibility index (Phi) is 4.48. The molecule has 4 heterocycles. The van der Waals surface area contributed by atoms with E-state index in [1.807, 2.05) is 22.8 Å². The minimum atomic E-state index is 0.0698. The number of carbonyl (C=O) groups excluding carboxylic acids is 1. The molecular weight excluding hydrogens is 316 g/mol. The van der Waals surface area contributed by atoms with E-state index in [9.17, 15) is 4.79 Å². The fourth-order valence-corrected chi connectivity index (χ4v) is 4.10. The van der Waals surface area contributed by atoms with E-state index in [0.29, 0.717) is 17.4 Å². The zero-order valence-electron chi connectivity index (χ0n) is 14.6. The second-order valence-corrected chi connectivity index (χ2v) is 7.16. The predicted molar refractivity (Wildman–Crippen MR) is 92.6 cm³/mol. The number of hydrogen-bond acceptors (Lipinski definition) is 5. The molecule has 0 spiro atoms. The number of rotatable bonds is 3. The van der Waals surface area contributed by atoms with Gasteiger partial charge in [0.2, 0.25) is 0 Å². The van der Waals surface area contributed by atoms with Crippen LogP contribution in [-0.2, 0) is 13.6 Å². The van der Waals surface area contributed by atoms with Crippen LogP contribution >= 0.6 is 0 Å². The molecule has 2 aliphatic rings. The van der Waals surface area contributed by atoms with Crippen molar-refractivity contribution in [2.24, 2.45) is 18.9 Å². The van der Waals surface area contributed by atoms with Gasteiger partial charge in [-0.15, -0.1) is 0 Å². The predicted octanol–water partition coefficient (Wildman–Crippen LogP) is 1.19. The van der Waals surface area contributed by atoms with Gasteiger partial charge >= 0.3 is 0 Å². The highest BCUT2D eigenvalue weighted by Crippen LogP contribution is 2.32. The zero-order chi connectivity index (χ0) is 17.2. The molecule has 2 aliphatic heterocycles. The third-order valence-corrected chi connectivity index (χ3v) is 5.61. The first kappa shape index (κ1) is 16.2. The molecule has 0 aliphatic carbocycles. The third-order valence-electron chi connectivity index (χ3n) is 5.61. The Morgan fingerprint density at radius 3 is 2.44 bits per heavy atom. The highest BCUT2D eigenvalue weighted by molar-refractivity contribution is 5.93. The number of fused-ring (bicyclic) bond motifs is 1. The molecule has 2 aromatic heterocycles. The molecule has 25 heavy (non-hydrogen) atoms. The number of hydrogen-bond donors (Lipinski definition) is 0. The Bertz CT molecular complexity index is 714. The van der Waals surface area contributed by atoms with Gasteiger partial charge in [-0.3, -0.25) is 14.4 Å². The van der Waals surface area contributed by atoms with E-state index in [4.69, 9.17) is 0 Å². The standard InChI is InChI=1S/C18H24N6O/c1-22-17(2-5-21-22)12-23-6-3-14-10-24(11-15(14)4-7-23)18(25)16-8-19-13-20-9-16/h2,5,8-9,13-15H,3-4,6-7,10-12H2,1H3/t14-,15+. The summed E-state index contributed by atoms with van der Waals surface area (Å²) in [5, 5.41) is 4.26. The van der Waals surface area contributed by atoms with E-state index in [2.05, 4.69) is 26.0 Å². The first-order chi connectivity index (χ1) is 12.2. The summed E-state index contributed by atoms with van der Waals surface area (Å²) in [6.07, 6.45) is 8.84. The van der Waals surface area contributed by atoms with Crippen molar-refractivity contribution in [1.29, 1.82) is 0 Å². The molecular formula is C18H24N6O. The number of aromatic nitrogens is 4. The molecule has 2 aromatic rings. The first-order valence-electron chi connectivity index (χ1n) is 8.94. The van der Waals surface area contributed by atoms with Crippen LogP contribution in [0.25, 0.3) is 0 Å². The monoisotopic (exact) mass is 340 g/mol. The summed E-state index contributed by atoms with van der Waals surface area (Å²) in [6.45, 7) is 4.85. The molecule has 132 valence electrons. The van der Waals surface area contributed by atoms with E-state index in [0.717, 1.165) is 45.6 Å². The molecule has 0 aromatic carbocycles. The SMILES string of the molecule is Cn1nccc1CN1CC[C@@H]2CN(C(=O)c3cncnc3)C[C@@H]2CC1.